The van der Waals surface area contributed by atoms with E-state index in [-0.39, 0.29) is 23.8 Å². The van der Waals surface area contributed by atoms with Crippen LogP contribution in [-0.2, 0) is 14.3 Å². The lowest BCUT2D eigenvalue weighted by atomic mass is 9.89. The Morgan fingerprint density at radius 3 is 1.96 bits per heavy atom. The number of esters is 2. The number of carbonyl (C=O) groups is 2. The van der Waals surface area contributed by atoms with E-state index >= 15 is 0 Å². The molecule has 0 aromatic rings. The molecule has 2 atom stereocenters. The Balaban J connectivity index is 2.25. The molecule has 144 valence electrons. The zero-order valence-electron chi connectivity index (χ0n) is 16.4. The van der Waals surface area contributed by atoms with Crippen molar-refractivity contribution in [2.45, 2.75) is 104 Å². The molecule has 1 fully saturated rings. The fraction of sp³-hybridized carbons (Fsp3) is 0.818. The van der Waals surface area contributed by atoms with Crippen LogP contribution in [0.15, 0.2) is 12.2 Å². The van der Waals surface area contributed by atoms with E-state index in [0.717, 1.165) is 32.1 Å². The Morgan fingerprint density at radius 1 is 0.760 bits per heavy atom. The first-order chi connectivity index (χ1) is 12.2. The first-order valence-corrected chi connectivity index (χ1v) is 10.6. The Labute approximate surface area is 154 Å². The van der Waals surface area contributed by atoms with E-state index in [2.05, 4.69) is 19.9 Å². The van der Waals surface area contributed by atoms with Crippen LogP contribution >= 0.6 is 0 Å². The van der Waals surface area contributed by atoms with Gasteiger partial charge in [-0.3, -0.25) is 9.59 Å². The summed E-state index contributed by atoms with van der Waals surface area (Å²) >= 11 is 0. The quantitative estimate of drug-likeness (QED) is 0.149. The summed E-state index contributed by atoms with van der Waals surface area (Å²) in [6.07, 6.45) is 20.6. The van der Waals surface area contributed by atoms with Gasteiger partial charge >= 0.3 is 11.9 Å². The van der Waals surface area contributed by atoms with Gasteiger partial charge in [-0.2, -0.15) is 0 Å². The topological polar surface area (TPSA) is 43.4 Å². The fourth-order valence-electron chi connectivity index (χ4n) is 3.49. The summed E-state index contributed by atoms with van der Waals surface area (Å²) in [7, 11) is 0. The van der Waals surface area contributed by atoms with Gasteiger partial charge in [0.15, 0.2) is 0 Å². The molecule has 0 amide bonds. The summed E-state index contributed by atoms with van der Waals surface area (Å²) in [4.78, 5) is 23.8. The molecule has 1 saturated heterocycles. The third-order valence-corrected chi connectivity index (χ3v) is 5.15. The molecule has 0 N–H and O–H groups in total. The van der Waals surface area contributed by atoms with Gasteiger partial charge in [0.2, 0.25) is 0 Å². The minimum Gasteiger partial charge on any atom is -0.392 e. The van der Waals surface area contributed by atoms with E-state index in [1.54, 1.807) is 0 Å². The Morgan fingerprint density at radius 2 is 1.32 bits per heavy atom. The second kappa shape index (κ2) is 14.1. The van der Waals surface area contributed by atoms with Crippen molar-refractivity contribution < 1.29 is 14.3 Å². The predicted octanol–water partition coefficient (Wildman–Crippen LogP) is 6.36. The number of hydrogen-bond acceptors (Lipinski definition) is 3. The number of ether oxygens (including phenoxy) is 1. The average Bonchev–Trinajstić information content (AvgIpc) is 2.86. The molecule has 0 radical (unpaired) electrons. The number of cyclic esters (lactones) is 2. The Hall–Kier alpha value is -1.12. The van der Waals surface area contributed by atoms with E-state index in [0.29, 0.717) is 0 Å². The van der Waals surface area contributed by atoms with E-state index in [1.165, 1.54) is 57.8 Å². The van der Waals surface area contributed by atoms with Gasteiger partial charge in [-0.25, -0.2) is 0 Å². The van der Waals surface area contributed by atoms with Gasteiger partial charge in [-0.15, -0.1) is 0 Å². The molecule has 0 saturated carbocycles. The molecule has 1 heterocycles. The van der Waals surface area contributed by atoms with Gasteiger partial charge in [0.1, 0.15) is 0 Å². The number of hydrogen-bond donors (Lipinski definition) is 0. The van der Waals surface area contributed by atoms with Crippen LogP contribution < -0.4 is 0 Å². The van der Waals surface area contributed by atoms with Crippen LogP contribution in [0, 0.1) is 11.8 Å². The maximum atomic E-state index is 11.9. The number of rotatable bonds is 15. The summed E-state index contributed by atoms with van der Waals surface area (Å²) in [6, 6.07) is 0. The third kappa shape index (κ3) is 9.23. The molecule has 3 nitrogen and oxygen atoms in total. The smallest absolute Gasteiger partial charge is 0.321 e. The first-order valence-electron chi connectivity index (χ1n) is 10.6. The molecule has 25 heavy (non-hydrogen) atoms. The number of carbonyl (C=O) groups excluding carboxylic acids is 2. The highest BCUT2D eigenvalue weighted by molar-refractivity contribution is 5.97. The summed E-state index contributed by atoms with van der Waals surface area (Å²) in [5, 5.41) is 0. The highest BCUT2D eigenvalue weighted by Crippen LogP contribution is 2.30. The van der Waals surface area contributed by atoms with Crippen LogP contribution in [0.4, 0.5) is 0 Å². The molecule has 0 aromatic heterocycles. The van der Waals surface area contributed by atoms with E-state index in [4.69, 9.17) is 4.74 Å². The van der Waals surface area contributed by atoms with Crippen LogP contribution in [0.3, 0.4) is 0 Å². The summed E-state index contributed by atoms with van der Waals surface area (Å²) < 4.78 is 4.88. The highest BCUT2D eigenvalue weighted by atomic mass is 16.6. The van der Waals surface area contributed by atoms with Crippen LogP contribution in [-0.4, -0.2) is 11.9 Å². The standard InChI is InChI=1S/C22H38O3/c1-3-5-7-9-11-12-14-16-18-20-19(21(23)25-22(20)24)17-15-13-10-8-6-4-2/h16,18-20H,3-15,17H2,1-2H3. The third-order valence-electron chi connectivity index (χ3n) is 5.15. The second-order valence-electron chi connectivity index (χ2n) is 7.41. The van der Waals surface area contributed by atoms with Gasteiger partial charge in [0, 0.05) is 0 Å². The monoisotopic (exact) mass is 350 g/mol. The highest BCUT2D eigenvalue weighted by Gasteiger charge is 2.41. The van der Waals surface area contributed by atoms with Crippen molar-refractivity contribution in [2.75, 3.05) is 0 Å². The zero-order valence-corrected chi connectivity index (χ0v) is 16.4. The zero-order chi connectivity index (χ0) is 18.3. The normalized spacial score (nSPS) is 20.6. The summed E-state index contributed by atoms with van der Waals surface area (Å²) in [5.41, 5.74) is 0. The molecule has 3 heteroatoms. The molecule has 0 aliphatic carbocycles. The second-order valence-corrected chi connectivity index (χ2v) is 7.41. The van der Waals surface area contributed by atoms with E-state index in [9.17, 15) is 9.59 Å². The van der Waals surface area contributed by atoms with Gasteiger partial charge in [0.25, 0.3) is 0 Å². The van der Waals surface area contributed by atoms with Crippen molar-refractivity contribution >= 4 is 11.9 Å². The van der Waals surface area contributed by atoms with Crippen molar-refractivity contribution in [2.24, 2.45) is 11.8 Å². The molecule has 1 aliphatic heterocycles. The summed E-state index contributed by atoms with van der Waals surface area (Å²) in [5.74, 6) is -1.25. The average molecular weight is 351 g/mol. The van der Waals surface area contributed by atoms with Crippen molar-refractivity contribution in [3.8, 4) is 0 Å². The van der Waals surface area contributed by atoms with Crippen molar-refractivity contribution in [3.05, 3.63) is 12.2 Å². The first kappa shape index (κ1) is 21.9. The van der Waals surface area contributed by atoms with Crippen molar-refractivity contribution in [1.82, 2.24) is 0 Å². The van der Waals surface area contributed by atoms with Gasteiger partial charge in [-0.1, -0.05) is 96.6 Å². The van der Waals surface area contributed by atoms with E-state index in [1.807, 2.05) is 6.08 Å². The molecule has 0 spiro atoms. The maximum absolute atomic E-state index is 11.9. The SMILES string of the molecule is CCCCCCCCC=CC1C(=O)OC(=O)C1CCCCCCCC. The minimum absolute atomic E-state index is 0.250. The minimum atomic E-state index is -0.347. The molecule has 1 rings (SSSR count). The van der Waals surface area contributed by atoms with Crippen LogP contribution in [0.5, 0.6) is 0 Å². The maximum Gasteiger partial charge on any atom is 0.321 e. The molecule has 0 aromatic carbocycles. The molecule has 0 bridgehead atoms. The van der Waals surface area contributed by atoms with E-state index < -0.39 is 0 Å². The molecule has 2 unspecified atom stereocenters. The van der Waals surface area contributed by atoms with Gasteiger partial charge in [-0.05, 0) is 19.3 Å². The molecular weight excluding hydrogens is 312 g/mol. The molecule has 1 aliphatic rings. The van der Waals surface area contributed by atoms with Crippen LogP contribution in [0.1, 0.15) is 104 Å². The number of allylic oxidation sites excluding steroid dienone is 1. The van der Waals surface area contributed by atoms with Crippen molar-refractivity contribution in [1.29, 1.82) is 0 Å². The lowest BCUT2D eigenvalue weighted by Crippen LogP contribution is -2.15. The Kier molecular flexibility index (Phi) is 12.4. The fourth-order valence-corrected chi connectivity index (χ4v) is 3.49. The largest absolute Gasteiger partial charge is 0.392 e. The molecular formula is C22H38O3. The lowest BCUT2D eigenvalue weighted by molar-refractivity contribution is -0.153. The Bertz CT molecular complexity index is 400. The van der Waals surface area contributed by atoms with Crippen molar-refractivity contribution in [3.63, 3.8) is 0 Å². The summed E-state index contributed by atoms with van der Waals surface area (Å²) in [6.45, 7) is 4.44. The van der Waals surface area contributed by atoms with Crippen LogP contribution in [0.2, 0.25) is 0 Å². The van der Waals surface area contributed by atoms with Crippen LogP contribution in [0.25, 0.3) is 0 Å². The number of unbranched alkanes of at least 4 members (excludes halogenated alkanes) is 11. The predicted molar refractivity (Wildman–Crippen MR) is 103 cm³/mol. The van der Waals surface area contributed by atoms with Gasteiger partial charge < -0.3 is 4.74 Å². The van der Waals surface area contributed by atoms with Gasteiger partial charge in [0.05, 0.1) is 11.8 Å². The lowest BCUT2D eigenvalue weighted by Gasteiger charge is -2.10.